The quantitative estimate of drug-likeness (QED) is 0.714. The van der Waals surface area contributed by atoms with Gasteiger partial charge in [-0.15, -0.1) is 0 Å². The summed E-state index contributed by atoms with van der Waals surface area (Å²) in [4.78, 5) is 16.8. The van der Waals surface area contributed by atoms with Crippen LogP contribution in [-0.4, -0.2) is 45.6 Å². The monoisotopic (exact) mass is 355 g/mol. The second-order valence-electron chi connectivity index (χ2n) is 7.86. The van der Waals surface area contributed by atoms with Crippen LogP contribution in [0.1, 0.15) is 44.2 Å². The van der Waals surface area contributed by atoms with Crippen molar-refractivity contribution in [3.8, 4) is 0 Å². The number of likely N-dealkylation sites (tertiary alicyclic amines) is 1. The van der Waals surface area contributed by atoms with Crippen LogP contribution in [0.25, 0.3) is 17.0 Å². The Morgan fingerprint density at radius 1 is 1.46 bits per heavy atom. The summed E-state index contributed by atoms with van der Waals surface area (Å²) in [6.45, 7) is 5.33. The molecule has 4 N–H and O–H groups in total. The molecule has 0 saturated carbocycles. The molecule has 140 valence electrons. The van der Waals surface area contributed by atoms with E-state index in [1.165, 1.54) is 17.4 Å². The third kappa shape index (κ3) is 4.74. The van der Waals surface area contributed by atoms with Crippen molar-refractivity contribution >= 4 is 22.9 Å². The summed E-state index contributed by atoms with van der Waals surface area (Å²) in [6, 6.07) is 6.78. The topological polar surface area (TPSA) is 82.3 Å². The van der Waals surface area contributed by atoms with Crippen LogP contribution in [0.2, 0.25) is 0 Å². The predicted molar refractivity (Wildman–Crippen MR) is 106 cm³/mol. The minimum atomic E-state index is -0.819. The van der Waals surface area contributed by atoms with E-state index in [0.717, 1.165) is 37.0 Å². The number of nitrogens with zero attached hydrogens (tertiary/aromatic N) is 1. The standard InChI is InChI=1S/C21H29N3O2/c1-21(2,26)9-7-15-5-6-19-18(12-15)16(14-23-19)13-17-4-3-10-24(17)11-8-20(22)25/h5-7,9,12,14,17,23,26H,3-4,8,10-11,13H2,1-2H3,(H2,22,25)/t17-/m1/s1. The van der Waals surface area contributed by atoms with Crippen LogP contribution in [0.3, 0.4) is 0 Å². The van der Waals surface area contributed by atoms with Gasteiger partial charge in [-0.2, -0.15) is 0 Å². The Bertz CT molecular complexity index is 801. The van der Waals surface area contributed by atoms with Crippen LogP contribution >= 0.6 is 0 Å². The van der Waals surface area contributed by atoms with Crippen molar-refractivity contribution < 1.29 is 9.90 Å². The molecule has 0 bridgehead atoms. The number of carbonyl (C=O) groups excluding carboxylic acids is 1. The first-order valence-corrected chi connectivity index (χ1v) is 9.36. The number of hydrogen-bond acceptors (Lipinski definition) is 3. The molecule has 1 saturated heterocycles. The van der Waals surface area contributed by atoms with E-state index in [9.17, 15) is 9.90 Å². The number of carbonyl (C=O) groups is 1. The molecule has 1 aromatic heterocycles. The fourth-order valence-corrected chi connectivity index (χ4v) is 3.70. The molecule has 2 aromatic rings. The van der Waals surface area contributed by atoms with Crippen molar-refractivity contribution in [3.05, 3.63) is 41.6 Å². The minimum absolute atomic E-state index is 0.231. The summed E-state index contributed by atoms with van der Waals surface area (Å²) < 4.78 is 0. The van der Waals surface area contributed by atoms with Crippen LogP contribution < -0.4 is 5.73 Å². The average Bonchev–Trinajstić information content (AvgIpc) is 3.18. The van der Waals surface area contributed by atoms with Crippen molar-refractivity contribution in [2.75, 3.05) is 13.1 Å². The first-order chi connectivity index (χ1) is 12.3. The highest BCUT2D eigenvalue weighted by atomic mass is 16.3. The molecule has 1 aliphatic heterocycles. The lowest BCUT2D eigenvalue weighted by atomic mass is 10.0. The van der Waals surface area contributed by atoms with Crippen molar-refractivity contribution in [3.63, 3.8) is 0 Å². The number of aromatic nitrogens is 1. The number of rotatable bonds is 7. The van der Waals surface area contributed by atoms with Gasteiger partial charge in [0.1, 0.15) is 0 Å². The summed E-state index contributed by atoms with van der Waals surface area (Å²) >= 11 is 0. The van der Waals surface area contributed by atoms with E-state index in [2.05, 4.69) is 34.3 Å². The minimum Gasteiger partial charge on any atom is -0.386 e. The van der Waals surface area contributed by atoms with E-state index >= 15 is 0 Å². The molecule has 1 atom stereocenters. The van der Waals surface area contributed by atoms with E-state index in [1.807, 2.05) is 12.2 Å². The van der Waals surface area contributed by atoms with E-state index in [1.54, 1.807) is 13.8 Å². The third-order valence-corrected chi connectivity index (χ3v) is 5.08. The Hall–Kier alpha value is -2.11. The second kappa shape index (κ2) is 7.64. The second-order valence-corrected chi connectivity index (χ2v) is 7.86. The number of nitrogens with one attached hydrogen (secondary N) is 1. The van der Waals surface area contributed by atoms with E-state index in [4.69, 9.17) is 5.73 Å². The fraction of sp³-hybridized carbons (Fsp3) is 0.476. The molecule has 26 heavy (non-hydrogen) atoms. The maximum absolute atomic E-state index is 11.1. The smallest absolute Gasteiger partial charge is 0.218 e. The number of amides is 1. The number of H-pyrrole nitrogens is 1. The Morgan fingerprint density at radius 3 is 3.00 bits per heavy atom. The SMILES string of the molecule is CC(C)(O)C=Cc1ccc2[nH]cc(C[C@H]3CCCN3CCC(N)=O)c2c1. The largest absolute Gasteiger partial charge is 0.386 e. The first kappa shape index (κ1) is 18.7. The molecule has 0 unspecified atom stereocenters. The molecular weight excluding hydrogens is 326 g/mol. The molecule has 5 nitrogen and oxygen atoms in total. The van der Waals surface area contributed by atoms with Crippen LogP contribution in [-0.2, 0) is 11.2 Å². The highest BCUT2D eigenvalue weighted by Gasteiger charge is 2.25. The molecule has 3 rings (SSSR count). The zero-order valence-electron chi connectivity index (χ0n) is 15.7. The van der Waals surface area contributed by atoms with Crippen LogP contribution in [0, 0.1) is 0 Å². The highest BCUT2D eigenvalue weighted by Crippen LogP contribution is 2.27. The summed E-state index contributed by atoms with van der Waals surface area (Å²) in [6.07, 6.45) is 9.59. The van der Waals surface area contributed by atoms with Gasteiger partial charge in [-0.1, -0.05) is 18.2 Å². The van der Waals surface area contributed by atoms with Crippen LogP contribution in [0.4, 0.5) is 0 Å². The summed E-state index contributed by atoms with van der Waals surface area (Å²) in [5.41, 5.74) is 8.00. The summed E-state index contributed by atoms with van der Waals surface area (Å²) in [5, 5.41) is 11.1. The summed E-state index contributed by atoms with van der Waals surface area (Å²) in [5.74, 6) is -0.231. The number of aliphatic hydroxyl groups is 1. The lowest BCUT2D eigenvalue weighted by Crippen LogP contribution is -2.33. The van der Waals surface area contributed by atoms with Gasteiger partial charge in [-0.25, -0.2) is 0 Å². The van der Waals surface area contributed by atoms with Crippen molar-refractivity contribution in [2.45, 2.75) is 51.2 Å². The van der Waals surface area contributed by atoms with Gasteiger partial charge < -0.3 is 15.8 Å². The van der Waals surface area contributed by atoms with Gasteiger partial charge >= 0.3 is 0 Å². The van der Waals surface area contributed by atoms with E-state index in [-0.39, 0.29) is 5.91 Å². The Balaban J connectivity index is 1.77. The lowest BCUT2D eigenvalue weighted by Gasteiger charge is -2.23. The average molecular weight is 355 g/mol. The lowest BCUT2D eigenvalue weighted by molar-refractivity contribution is -0.118. The molecule has 1 aliphatic rings. The Kier molecular flexibility index (Phi) is 5.49. The molecule has 2 heterocycles. The normalized spacial score (nSPS) is 19.0. The number of fused-ring (bicyclic) bond motifs is 1. The third-order valence-electron chi connectivity index (χ3n) is 5.08. The fourth-order valence-electron chi connectivity index (χ4n) is 3.70. The van der Waals surface area contributed by atoms with Gasteiger partial charge in [0.15, 0.2) is 0 Å². The summed E-state index contributed by atoms with van der Waals surface area (Å²) in [7, 11) is 0. The predicted octanol–water partition coefficient (Wildman–Crippen LogP) is 2.83. The van der Waals surface area contributed by atoms with Crippen molar-refractivity contribution in [1.29, 1.82) is 0 Å². The van der Waals surface area contributed by atoms with Gasteiger partial charge in [0.05, 0.1) is 5.60 Å². The zero-order valence-corrected chi connectivity index (χ0v) is 15.7. The number of benzene rings is 1. The highest BCUT2D eigenvalue weighted by molar-refractivity contribution is 5.85. The molecule has 0 aliphatic carbocycles. The number of nitrogens with two attached hydrogens (primary N) is 1. The van der Waals surface area contributed by atoms with E-state index in [0.29, 0.717) is 12.5 Å². The van der Waals surface area contributed by atoms with E-state index < -0.39 is 5.60 Å². The van der Waals surface area contributed by atoms with Crippen LogP contribution in [0.15, 0.2) is 30.5 Å². The molecule has 5 heteroatoms. The number of primary amides is 1. The van der Waals surface area contributed by atoms with Crippen LogP contribution in [0.5, 0.6) is 0 Å². The van der Waals surface area contributed by atoms with Gasteiger partial charge in [-0.05, 0) is 62.9 Å². The Labute approximate surface area is 154 Å². The van der Waals surface area contributed by atoms with Gasteiger partial charge in [0.25, 0.3) is 0 Å². The maximum Gasteiger partial charge on any atom is 0.218 e. The maximum atomic E-state index is 11.1. The number of hydrogen-bond donors (Lipinski definition) is 3. The molecule has 1 fully saturated rings. The van der Waals surface area contributed by atoms with Gasteiger partial charge in [0, 0.05) is 36.1 Å². The van der Waals surface area contributed by atoms with Crippen molar-refractivity contribution in [2.24, 2.45) is 5.73 Å². The van der Waals surface area contributed by atoms with Crippen molar-refractivity contribution in [1.82, 2.24) is 9.88 Å². The molecule has 0 radical (unpaired) electrons. The first-order valence-electron chi connectivity index (χ1n) is 9.36. The van der Waals surface area contributed by atoms with Gasteiger partial charge in [-0.3, -0.25) is 9.69 Å². The molecule has 1 aromatic carbocycles. The molecule has 0 spiro atoms. The Morgan fingerprint density at radius 2 is 2.27 bits per heavy atom. The molecular formula is C21H29N3O2. The van der Waals surface area contributed by atoms with Gasteiger partial charge in [0.2, 0.25) is 5.91 Å². The number of aromatic amines is 1. The zero-order chi connectivity index (χ0) is 18.7. The molecule has 1 amide bonds.